The zero-order valence-corrected chi connectivity index (χ0v) is 14.1. The molecule has 2 heterocycles. The van der Waals surface area contributed by atoms with Crippen LogP contribution >= 0.6 is 23.8 Å². The van der Waals surface area contributed by atoms with E-state index in [1.54, 1.807) is 18.4 Å². The second-order valence-corrected chi connectivity index (χ2v) is 5.63. The second-order valence-electron chi connectivity index (χ2n) is 4.83. The SMILES string of the molecule is S=C(NCc1ccco1)Nc1ccc(Nc2ccc(Cl)nn2)cc1. The smallest absolute Gasteiger partial charge is 0.171 e. The van der Waals surface area contributed by atoms with E-state index in [1.165, 1.54) is 0 Å². The van der Waals surface area contributed by atoms with Crippen LogP contribution < -0.4 is 16.0 Å². The van der Waals surface area contributed by atoms with Crippen LogP contribution in [0.1, 0.15) is 5.76 Å². The van der Waals surface area contributed by atoms with Crippen LogP contribution in [0.5, 0.6) is 0 Å². The van der Waals surface area contributed by atoms with E-state index in [0.29, 0.717) is 22.6 Å². The number of hydrogen-bond acceptors (Lipinski definition) is 5. The third kappa shape index (κ3) is 4.68. The van der Waals surface area contributed by atoms with E-state index in [4.69, 9.17) is 28.2 Å². The summed E-state index contributed by atoms with van der Waals surface area (Å²) in [6.45, 7) is 0.535. The normalized spacial score (nSPS) is 10.2. The summed E-state index contributed by atoms with van der Waals surface area (Å²) in [5.74, 6) is 1.44. The molecule has 0 aliphatic carbocycles. The van der Waals surface area contributed by atoms with Gasteiger partial charge >= 0.3 is 0 Å². The molecule has 2 aromatic heterocycles. The van der Waals surface area contributed by atoms with Gasteiger partial charge in [-0.15, -0.1) is 10.2 Å². The van der Waals surface area contributed by atoms with Gasteiger partial charge in [0.1, 0.15) is 5.76 Å². The molecular formula is C16H14ClN5OS. The Kier molecular flexibility index (Phi) is 5.25. The van der Waals surface area contributed by atoms with E-state index >= 15 is 0 Å². The maximum absolute atomic E-state index is 5.71. The number of nitrogens with zero attached hydrogens (tertiary/aromatic N) is 2. The highest BCUT2D eigenvalue weighted by molar-refractivity contribution is 7.80. The molecular weight excluding hydrogens is 346 g/mol. The Hall–Kier alpha value is -2.64. The third-order valence-electron chi connectivity index (χ3n) is 3.05. The topological polar surface area (TPSA) is 75.0 Å². The number of hydrogen-bond donors (Lipinski definition) is 3. The summed E-state index contributed by atoms with van der Waals surface area (Å²) in [6.07, 6.45) is 1.63. The number of thiocarbonyl (C=S) groups is 1. The van der Waals surface area contributed by atoms with Crippen molar-refractivity contribution in [1.29, 1.82) is 0 Å². The molecule has 0 aliphatic heterocycles. The minimum absolute atomic E-state index is 0.357. The van der Waals surface area contributed by atoms with E-state index in [-0.39, 0.29) is 0 Å². The Bertz CT molecular complexity index is 790. The molecule has 0 fully saturated rings. The number of aromatic nitrogens is 2. The predicted octanol–water partition coefficient (Wildman–Crippen LogP) is 3.95. The Balaban J connectivity index is 1.52. The third-order valence-corrected chi connectivity index (χ3v) is 3.50. The fourth-order valence-electron chi connectivity index (χ4n) is 1.92. The fraction of sp³-hybridized carbons (Fsp3) is 0.0625. The van der Waals surface area contributed by atoms with Crippen molar-refractivity contribution in [2.24, 2.45) is 0 Å². The molecule has 122 valence electrons. The Morgan fingerprint density at radius 3 is 2.50 bits per heavy atom. The lowest BCUT2D eigenvalue weighted by atomic mass is 10.3. The lowest BCUT2D eigenvalue weighted by Crippen LogP contribution is -2.27. The Labute approximate surface area is 149 Å². The van der Waals surface area contributed by atoms with Crippen LogP contribution in [0.2, 0.25) is 5.15 Å². The maximum atomic E-state index is 5.71. The summed E-state index contributed by atoms with van der Waals surface area (Å²) in [5.41, 5.74) is 1.76. The zero-order chi connectivity index (χ0) is 16.8. The van der Waals surface area contributed by atoms with Gasteiger partial charge in [0, 0.05) is 11.4 Å². The standard InChI is InChI=1S/C16H14ClN5OS/c17-14-7-8-15(22-21-14)19-11-3-5-12(6-4-11)20-16(24)18-10-13-2-1-9-23-13/h1-9H,10H2,(H,19,22)(H2,18,20,24). The van der Waals surface area contributed by atoms with E-state index in [0.717, 1.165) is 17.1 Å². The second kappa shape index (κ2) is 7.76. The van der Waals surface area contributed by atoms with Gasteiger partial charge in [-0.05, 0) is 60.7 Å². The molecule has 3 rings (SSSR count). The molecule has 24 heavy (non-hydrogen) atoms. The summed E-state index contributed by atoms with van der Waals surface area (Å²) in [6, 6.07) is 14.8. The highest BCUT2D eigenvalue weighted by atomic mass is 35.5. The molecule has 0 unspecified atom stereocenters. The molecule has 0 aliphatic rings. The van der Waals surface area contributed by atoms with Crippen LogP contribution in [0.3, 0.4) is 0 Å². The number of furan rings is 1. The minimum Gasteiger partial charge on any atom is -0.467 e. The van der Waals surface area contributed by atoms with E-state index in [2.05, 4.69) is 26.1 Å². The molecule has 0 amide bonds. The number of halogens is 1. The number of benzene rings is 1. The summed E-state index contributed by atoms with van der Waals surface area (Å²) in [7, 11) is 0. The van der Waals surface area contributed by atoms with Crippen molar-refractivity contribution in [3.8, 4) is 0 Å². The van der Waals surface area contributed by atoms with Crippen LogP contribution in [-0.4, -0.2) is 15.3 Å². The lowest BCUT2D eigenvalue weighted by Gasteiger charge is -2.10. The molecule has 8 heteroatoms. The van der Waals surface area contributed by atoms with Gasteiger partial charge in [0.15, 0.2) is 16.1 Å². The van der Waals surface area contributed by atoms with Crippen molar-refractivity contribution < 1.29 is 4.42 Å². The van der Waals surface area contributed by atoms with Crippen LogP contribution in [0.4, 0.5) is 17.2 Å². The van der Waals surface area contributed by atoms with E-state index < -0.39 is 0 Å². The highest BCUT2D eigenvalue weighted by Gasteiger charge is 2.01. The van der Waals surface area contributed by atoms with Crippen molar-refractivity contribution in [1.82, 2.24) is 15.5 Å². The monoisotopic (exact) mass is 359 g/mol. The first-order valence-corrected chi connectivity index (χ1v) is 7.91. The fourth-order valence-corrected chi connectivity index (χ4v) is 2.21. The first kappa shape index (κ1) is 16.2. The zero-order valence-electron chi connectivity index (χ0n) is 12.5. The van der Waals surface area contributed by atoms with E-state index in [9.17, 15) is 0 Å². The van der Waals surface area contributed by atoms with Crippen molar-refractivity contribution in [3.63, 3.8) is 0 Å². The number of nitrogens with one attached hydrogen (secondary N) is 3. The van der Waals surface area contributed by atoms with Gasteiger partial charge in [-0.25, -0.2) is 0 Å². The van der Waals surface area contributed by atoms with Crippen LogP contribution in [0.25, 0.3) is 0 Å². The molecule has 0 bridgehead atoms. The van der Waals surface area contributed by atoms with Crippen LogP contribution in [0.15, 0.2) is 59.2 Å². The van der Waals surface area contributed by atoms with Crippen molar-refractivity contribution in [2.75, 3.05) is 10.6 Å². The van der Waals surface area contributed by atoms with Gasteiger partial charge in [0.2, 0.25) is 0 Å². The van der Waals surface area contributed by atoms with Crippen molar-refractivity contribution >= 4 is 46.1 Å². The molecule has 3 aromatic rings. The maximum Gasteiger partial charge on any atom is 0.171 e. The molecule has 0 atom stereocenters. The Morgan fingerprint density at radius 2 is 1.83 bits per heavy atom. The molecule has 6 nitrogen and oxygen atoms in total. The highest BCUT2D eigenvalue weighted by Crippen LogP contribution is 2.17. The molecule has 3 N–H and O–H groups in total. The van der Waals surface area contributed by atoms with Gasteiger partial charge in [0.05, 0.1) is 12.8 Å². The summed E-state index contributed by atoms with van der Waals surface area (Å²) >= 11 is 11.0. The van der Waals surface area contributed by atoms with Gasteiger partial charge in [0.25, 0.3) is 0 Å². The van der Waals surface area contributed by atoms with Gasteiger partial charge in [-0.1, -0.05) is 11.6 Å². The first-order chi connectivity index (χ1) is 11.7. The number of anilines is 3. The summed E-state index contributed by atoms with van der Waals surface area (Å²) in [5, 5.41) is 17.9. The molecule has 0 radical (unpaired) electrons. The average Bonchev–Trinajstić information content (AvgIpc) is 3.10. The molecule has 0 spiro atoms. The average molecular weight is 360 g/mol. The quantitative estimate of drug-likeness (QED) is 0.595. The summed E-state index contributed by atoms with van der Waals surface area (Å²) in [4.78, 5) is 0. The Morgan fingerprint density at radius 1 is 1.04 bits per heavy atom. The largest absolute Gasteiger partial charge is 0.467 e. The minimum atomic E-state index is 0.357. The van der Waals surface area contributed by atoms with Gasteiger partial charge < -0.3 is 20.4 Å². The predicted molar refractivity (Wildman–Crippen MR) is 98.5 cm³/mol. The van der Waals surface area contributed by atoms with Gasteiger partial charge in [-0.2, -0.15) is 0 Å². The first-order valence-electron chi connectivity index (χ1n) is 7.12. The van der Waals surface area contributed by atoms with Crippen LogP contribution in [0, 0.1) is 0 Å². The summed E-state index contributed by atoms with van der Waals surface area (Å²) < 4.78 is 5.24. The van der Waals surface area contributed by atoms with Crippen LogP contribution in [-0.2, 0) is 6.54 Å². The lowest BCUT2D eigenvalue weighted by molar-refractivity contribution is 0.503. The van der Waals surface area contributed by atoms with Crippen molar-refractivity contribution in [2.45, 2.75) is 6.54 Å². The molecule has 1 aromatic carbocycles. The molecule has 0 saturated heterocycles. The van der Waals surface area contributed by atoms with Crippen molar-refractivity contribution in [3.05, 3.63) is 65.7 Å². The van der Waals surface area contributed by atoms with E-state index in [1.807, 2.05) is 36.4 Å². The van der Waals surface area contributed by atoms with Gasteiger partial charge in [-0.3, -0.25) is 0 Å². The number of rotatable bonds is 5. The molecule has 0 saturated carbocycles.